The highest BCUT2D eigenvalue weighted by molar-refractivity contribution is 6.51. The van der Waals surface area contributed by atoms with E-state index in [1.165, 1.54) is 13.2 Å². The molecule has 0 aromatic heterocycles. The van der Waals surface area contributed by atoms with E-state index in [2.05, 4.69) is 0 Å². The molecule has 0 spiro atoms. The van der Waals surface area contributed by atoms with Gasteiger partial charge in [-0.1, -0.05) is 30.3 Å². The van der Waals surface area contributed by atoms with Crippen molar-refractivity contribution in [2.75, 3.05) is 7.11 Å². The third-order valence-electron chi connectivity index (χ3n) is 5.21. The van der Waals surface area contributed by atoms with E-state index in [0.29, 0.717) is 35.7 Å². The van der Waals surface area contributed by atoms with E-state index in [4.69, 9.17) is 14.2 Å². The first-order valence-electron chi connectivity index (χ1n) is 9.36. The van der Waals surface area contributed by atoms with Crippen LogP contribution < -0.4 is 4.74 Å². The van der Waals surface area contributed by atoms with Crippen LogP contribution in [-0.2, 0) is 27.3 Å². The molecule has 1 heterocycles. The summed E-state index contributed by atoms with van der Waals surface area (Å²) in [7, 11) is 1.49. The van der Waals surface area contributed by atoms with Crippen LogP contribution in [0.2, 0.25) is 0 Å². The van der Waals surface area contributed by atoms with Crippen molar-refractivity contribution in [3.63, 3.8) is 0 Å². The summed E-state index contributed by atoms with van der Waals surface area (Å²) in [6.07, 6.45) is 1.71. The van der Waals surface area contributed by atoms with Crippen molar-refractivity contribution in [3.8, 4) is 5.75 Å². The van der Waals surface area contributed by atoms with E-state index in [0.717, 1.165) is 16.7 Å². The fourth-order valence-electron chi connectivity index (χ4n) is 3.91. The standard InChI is InChI=1S/C23H22O5/c1-13-9-17-16(14(2)28-13)10-18-20(26-3)11-19(24)22(25)21(18)23(17)27-12-15-7-5-4-6-8-15/h4-8,10-11,13-14H,9,12H2,1-3H3/t13-,14+/m0/s1. The van der Waals surface area contributed by atoms with Crippen molar-refractivity contribution >= 4 is 17.3 Å². The smallest absolute Gasteiger partial charge is 0.237 e. The molecular formula is C23H22O5. The lowest BCUT2D eigenvalue weighted by Crippen LogP contribution is -2.27. The van der Waals surface area contributed by atoms with E-state index in [9.17, 15) is 9.59 Å². The lowest BCUT2D eigenvalue weighted by molar-refractivity contribution is -0.111. The zero-order valence-corrected chi connectivity index (χ0v) is 16.2. The summed E-state index contributed by atoms with van der Waals surface area (Å²) < 4.78 is 17.5. The van der Waals surface area contributed by atoms with Gasteiger partial charge in [0.25, 0.3) is 0 Å². The molecule has 5 heteroatoms. The van der Waals surface area contributed by atoms with Crippen molar-refractivity contribution in [2.24, 2.45) is 0 Å². The van der Waals surface area contributed by atoms with Crippen LogP contribution in [0.4, 0.5) is 0 Å². The molecule has 2 aromatic carbocycles. The van der Waals surface area contributed by atoms with Gasteiger partial charge < -0.3 is 14.2 Å². The molecular weight excluding hydrogens is 356 g/mol. The monoisotopic (exact) mass is 378 g/mol. The van der Waals surface area contributed by atoms with Crippen molar-refractivity contribution in [2.45, 2.75) is 39.1 Å². The summed E-state index contributed by atoms with van der Waals surface area (Å²) in [5.41, 5.74) is 3.75. The number of ether oxygens (including phenoxy) is 3. The predicted molar refractivity (Wildman–Crippen MR) is 104 cm³/mol. The minimum absolute atomic E-state index is 0.00791. The second-order valence-electron chi connectivity index (χ2n) is 7.17. The number of Topliss-reactive ketones (excluding diaryl/α,β-unsaturated/α-hetero) is 1. The lowest BCUT2D eigenvalue weighted by atomic mass is 9.84. The van der Waals surface area contributed by atoms with E-state index < -0.39 is 11.6 Å². The number of carbonyl (C=O) groups is 2. The molecule has 1 aliphatic carbocycles. The zero-order chi connectivity index (χ0) is 19.8. The number of allylic oxidation sites excluding steroid dienone is 1. The first-order valence-corrected chi connectivity index (χ1v) is 9.36. The minimum Gasteiger partial charge on any atom is -0.496 e. The zero-order valence-electron chi connectivity index (χ0n) is 16.2. The number of hydrogen-bond acceptors (Lipinski definition) is 5. The molecule has 2 atom stereocenters. The minimum atomic E-state index is -0.595. The van der Waals surface area contributed by atoms with Crippen LogP contribution in [0, 0.1) is 0 Å². The third-order valence-corrected chi connectivity index (χ3v) is 5.21. The van der Waals surface area contributed by atoms with Crippen molar-refractivity contribution in [1.29, 1.82) is 0 Å². The van der Waals surface area contributed by atoms with Crippen LogP contribution >= 0.6 is 0 Å². The first-order chi connectivity index (χ1) is 13.5. The second kappa shape index (κ2) is 7.24. The maximum absolute atomic E-state index is 12.8. The molecule has 144 valence electrons. The Hall–Kier alpha value is -2.92. The van der Waals surface area contributed by atoms with Crippen LogP contribution in [-0.4, -0.2) is 24.8 Å². The van der Waals surface area contributed by atoms with Crippen molar-refractivity contribution in [1.82, 2.24) is 0 Å². The van der Waals surface area contributed by atoms with E-state index in [-0.39, 0.29) is 12.2 Å². The molecule has 0 saturated heterocycles. The van der Waals surface area contributed by atoms with Crippen LogP contribution in [0.1, 0.15) is 52.6 Å². The van der Waals surface area contributed by atoms with Crippen molar-refractivity contribution < 1.29 is 23.8 Å². The normalized spacial score (nSPS) is 20.9. The number of ketones is 2. The maximum Gasteiger partial charge on any atom is 0.237 e. The van der Waals surface area contributed by atoms with Crippen LogP contribution in [0.15, 0.2) is 42.5 Å². The van der Waals surface area contributed by atoms with Crippen LogP contribution in [0.25, 0.3) is 5.76 Å². The Morgan fingerprint density at radius 2 is 1.89 bits per heavy atom. The summed E-state index contributed by atoms with van der Waals surface area (Å²) >= 11 is 0. The Balaban J connectivity index is 1.89. The molecule has 2 aliphatic rings. The maximum atomic E-state index is 12.8. The van der Waals surface area contributed by atoms with Gasteiger partial charge in [0.1, 0.15) is 18.1 Å². The molecule has 1 aliphatic heterocycles. The second-order valence-corrected chi connectivity index (χ2v) is 7.17. The molecule has 0 N–H and O–H groups in total. The highest BCUT2D eigenvalue weighted by atomic mass is 16.5. The molecule has 0 unspecified atom stereocenters. The highest BCUT2D eigenvalue weighted by Gasteiger charge is 2.36. The van der Waals surface area contributed by atoms with E-state index >= 15 is 0 Å². The van der Waals surface area contributed by atoms with E-state index in [1.54, 1.807) is 0 Å². The summed E-state index contributed by atoms with van der Waals surface area (Å²) in [5, 5.41) is 0. The Morgan fingerprint density at radius 1 is 1.14 bits per heavy atom. The average molecular weight is 378 g/mol. The highest BCUT2D eigenvalue weighted by Crippen LogP contribution is 2.43. The van der Waals surface area contributed by atoms with Crippen molar-refractivity contribution in [3.05, 3.63) is 70.3 Å². The first kappa shape index (κ1) is 18.4. The lowest BCUT2D eigenvalue weighted by Gasteiger charge is -2.32. The Labute approximate surface area is 163 Å². The number of carbonyl (C=O) groups excluding carboxylic acids is 2. The van der Waals surface area contributed by atoms with E-state index in [1.807, 2.05) is 50.2 Å². The number of fused-ring (bicyclic) bond motifs is 2. The van der Waals surface area contributed by atoms with Gasteiger partial charge in [0.15, 0.2) is 0 Å². The SMILES string of the molecule is COC1=CC(=O)C(=O)c2c1cc1c(c2OCc2ccccc2)C[C@H](C)O[C@@H]1C. The topological polar surface area (TPSA) is 61.8 Å². The molecule has 0 bridgehead atoms. The molecule has 0 fully saturated rings. The summed E-state index contributed by atoms with van der Waals surface area (Å²) in [6, 6.07) is 11.6. The van der Waals surface area contributed by atoms with Crippen LogP contribution in [0.3, 0.4) is 0 Å². The third kappa shape index (κ3) is 3.12. The quantitative estimate of drug-likeness (QED) is 0.752. The number of methoxy groups -OCH3 is 1. The molecule has 0 saturated carbocycles. The molecule has 28 heavy (non-hydrogen) atoms. The summed E-state index contributed by atoms with van der Waals surface area (Å²) in [5.74, 6) is -0.312. The van der Waals surface area contributed by atoms with Gasteiger partial charge >= 0.3 is 0 Å². The predicted octanol–water partition coefficient (Wildman–Crippen LogP) is 4.04. The Bertz CT molecular complexity index is 974. The van der Waals surface area contributed by atoms with Crippen LogP contribution in [0.5, 0.6) is 5.75 Å². The number of hydrogen-bond donors (Lipinski definition) is 0. The van der Waals surface area contributed by atoms with Gasteiger partial charge in [0.05, 0.1) is 24.9 Å². The summed E-state index contributed by atoms with van der Waals surface area (Å²) in [6.45, 7) is 4.28. The largest absolute Gasteiger partial charge is 0.496 e. The Kier molecular flexibility index (Phi) is 4.77. The van der Waals surface area contributed by atoms with Gasteiger partial charge in [-0.05, 0) is 31.0 Å². The average Bonchev–Trinajstić information content (AvgIpc) is 2.69. The fraction of sp³-hybridized carbons (Fsp3) is 0.304. The molecule has 5 nitrogen and oxygen atoms in total. The van der Waals surface area contributed by atoms with Gasteiger partial charge in [0.2, 0.25) is 11.6 Å². The fourth-order valence-corrected chi connectivity index (χ4v) is 3.91. The summed E-state index contributed by atoms with van der Waals surface area (Å²) in [4.78, 5) is 25.1. The van der Waals surface area contributed by atoms with Gasteiger partial charge in [-0.25, -0.2) is 0 Å². The van der Waals surface area contributed by atoms with Gasteiger partial charge in [-0.2, -0.15) is 0 Å². The number of benzene rings is 2. The number of rotatable bonds is 4. The molecule has 4 rings (SSSR count). The van der Waals surface area contributed by atoms with Gasteiger partial charge in [-0.3, -0.25) is 9.59 Å². The Morgan fingerprint density at radius 3 is 2.61 bits per heavy atom. The van der Waals surface area contributed by atoms with Gasteiger partial charge in [-0.15, -0.1) is 0 Å². The molecule has 0 radical (unpaired) electrons. The molecule has 2 aromatic rings. The van der Waals surface area contributed by atoms with Gasteiger partial charge in [0, 0.05) is 23.6 Å². The molecule has 0 amide bonds.